The molecule has 28 heavy (non-hydrogen) atoms. The van der Waals surface area contributed by atoms with Gasteiger partial charge in [-0.1, -0.05) is 6.07 Å². The van der Waals surface area contributed by atoms with Crippen molar-refractivity contribution < 1.29 is 21.6 Å². The lowest BCUT2D eigenvalue weighted by Crippen LogP contribution is -2.52. The lowest BCUT2D eigenvalue weighted by Gasteiger charge is -2.34. The fourth-order valence-electron chi connectivity index (χ4n) is 3.40. The predicted octanol–water partition coefficient (Wildman–Crippen LogP) is 1.15. The standard InChI is InChI=1S/C16H19N3O5S4/c20-16(14-10-17-15(26-14)13-2-1-8-25-13)18-4-6-19(7-5-18)28(23,24)12-3-9-27(21,22)11-12/h1-2,8,10,12H,3-7,9,11H2. The van der Waals surface area contributed by atoms with E-state index < -0.39 is 25.1 Å². The first-order chi connectivity index (χ1) is 13.3. The monoisotopic (exact) mass is 461 g/mol. The van der Waals surface area contributed by atoms with E-state index in [1.807, 2.05) is 17.5 Å². The number of amides is 1. The smallest absolute Gasteiger partial charge is 0.265 e. The van der Waals surface area contributed by atoms with E-state index in [-0.39, 0.29) is 50.0 Å². The van der Waals surface area contributed by atoms with Crippen molar-refractivity contribution in [3.63, 3.8) is 0 Å². The Hall–Kier alpha value is -1.34. The number of sulfone groups is 1. The van der Waals surface area contributed by atoms with Gasteiger partial charge >= 0.3 is 0 Å². The predicted molar refractivity (Wildman–Crippen MR) is 109 cm³/mol. The van der Waals surface area contributed by atoms with Gasteiger partial charge < -0.3 is 4.90 Å². The van der Waals surface area contributed by atoms with Crippen molar-refractivity contribution in [3.05, 3.63) is 28.6 Å². The molecule has 4 rings (SSSR count). The number of thiazole rings is 1. The molecular formula is C16H19N3O5S4. The minimum atomic E-state index is -3.66. The number of nitrogens with zero attached hydrogens (tertiary/aromatic N) is 3. The second-order valence-electron chi connectivity index (χ2n) is 6.77. The Labute approximate surface area is 171 Å². The summed E-state index contributed by atoms with van der Waals surface area (Å²) >= 11 is 2.89. The zero-order valence-corrected chi connectivity index (χ0v) is 18.1. The van der Waals surface area contributed by atoms with Gasteiger partial charge in [-0.3, -0.25) is 4.79 Å². The number of sulfonamides is 1. The second-order valence-corrected chi connectivity index (χ2v) is 13.2. The van der Waals surface area contributed by atoms with Crippen molar-refractivity contribution in [2.24, 2.45) is 0 Å². The van der Waals surface area contributed by atoms with Crippen LogP contribution in [0.5, 0.6) is 0 Å². The SMILES string of the molecule is O=C(c1cnc(-c2cccs2)s1)N1CCN(S(=O)(=O)C2CCS(=O)(=O)C2)CC1. The molecule has 0 spiro atoms. The lowest BCUT2D eigenvalue weighted by molar-refractivity contribution is 0.0702. The summed E-state index contributed by atoms with van der Waals surface area (Å²) in [5, 5.41) is 1.88. The summed E-state index contributed by atoms with van der Waals surface area (Å²) in [6.07, 6.45) is 1.71. The molecule has 152 valence electrons. The van der Waals surface area contributed by atoms with Crippen molar-refractivity contribution in [3.8, 4) is 9.88 Å². The highest BCUT2D eigenvalue weighted by atomic mass is 32.2. The van der Waals surface area contributed by atoms with Gasteiger partial charge in [-0.05, 0) is 17.9 Å². The Morgan fingerprint density at radius 2 is 1.96 bits per heavy atom. The molecule has 0 aliphatic carbocycles. The Bertz CT molecular complexity index is 1070. The molecular weight excluding hydrogens is 442 g/mol. The number of hydrogen-bond acceptors (Lipinski definition) is 8. The number of thiophene rings is 1. The highest BCUT2D eigenvalue weighted by Gasteiger charge is 2.41. The van der Waals surface area contributed by atoms with E-state index in [0.717, 1.165) is 9.88 Å². The van der Waals surface area contributed by atoms with Crippen LogP contribution in [0.2, 0.25) is 0 Å². The molecule has 0 saturated carbocycles. The van der Waals surface area contributed by atoms with Crippen LogP contribution in [0.4, 0.5) is 0 Å². The molecule has 0 radical (unpaired) electrons. The van der Waals surface area contributed by atoms with E-state index >= 15 is 0 Å². The van der Waals surface area contributed by atoms with E-state index in [2.05, 4.69) is 4.98 Å². The first kappa shape index (κ1) is 20.0. The first-order valence-electron chi connectivity index (χ1n) is 8.75. The number of carbonyl (C=O) groups is 1. The molecule has 0 aromatic carbocycles. The van der Waals surface area contributed by atoms with Gasteiger partial charge in [0.05, 0.1) is 27.8 Å². The quantitative estimate of drug-likeness (QED) is 0.676. The minimum Gasteiger partial charge on any atom is -0.335 e. The number of carbonyl (C=O) groups excluding carboxylic acids is 1. The zero-order chi connectivity index (χ0) is 19.9. The third-order valence-electron chi connectivity index (χ3n) is 4.95. The Morgan fingerprint density at radius 3 is 2.57 bits per heavy atom. The molecule has 2 aliphatic heterocycles. The summed E-state index contributed by atoms with van der Waals surface area (Å²) in [5.41, 5.74) is 0. The van der Waals surface area contributed by atoms with E-state index in [0.29, 0.717) is 4.88 Å². The van der Waals surface area contributed by atoms with Crippen molar-refractivity contribution in [2.75, 3.05) is 37.7 Å². The maximum absolute atomic E-state index is 12.7. The molecule has 8 nitrogen and oxygen atoms in total. The van der Waals surface area contributed by atoms with Gasteiger partial charge in [-0.15, -0.1) is 22.7 Å². The minimum absolute atomic E-state index is 0.0761. The second kappa shape index (κ2) is 7.48. The third-order valence-corrected chi connectivity index (χ3v) is 11.3. The Kier molecular flexibility index (Phi) is 5.33. The van der Waals surface area contributed by atoms with Crippen molar-refractivity contribution >= 4 is 48.4 Å². The van der Waals surface area contributed by atoms with Crippen LogP contribution in [0.25, 0.3) is 9.88 Å². The van der Waals surface area contributed by atoms with Crippen LogP contribution < -0.4 is 0 Å². The molecule has 1 amide bonds. The Balaban J connectivity index is 1.39. The van der Waals surface area contributed by atoms with Crippen LogP contribution in [0.3, 0.4) is 0 Å². The molecule has 2 aromatic rings. The molecule has 1 unspecified atom stereocenters. The fraction of sp³-hybridized carbons (Fsp3) is 0.500. The van der Waals surface area contributed by atoms with Crippen LogP contribution in [0, 0.1) is 0 Å². The molecule has 2 saturated heterocycles. The van der Waals surface area contributed by atoms with Gasteiger partial charge in [0.1, 0.15) is 9.88 Å². The molecule has 2 aromatic heterocycles. The topological polar surface area (TPSA) is 105 Å². The van der Waals surface area contributed by atoms with Crippen molar-refractivity contribution in [1.29, 1.82) is 0 Å². The van der Waals surface area contributed by atoms with Crippen molar-refractivity contribution in [2.45, 2.75) is 11.7 Å². The van der Waals surface area contributed by atoms with Crippen molar-refractivity contribution in [1.82, 2.24) is 14.2 Å². The lowest BCUT2D eigenvalue weighted by atomic mass is 10.3. The van der Waals surface area contributed by atoms with Crippen LogP contribution in [-0.2, 0) is 19.9 Å². The highest BCUT2D eigenvalue weighted by Crippen LogP contribution is 2.30. The molecule has 2 fully saturated rings. The first-order valence-corrected chi connectivity index (χ1v) is 13.8. The van der Waals surface area contributed by atoms with Gasteiger partial charge in [0.2, 0.25) is 10.0 Å². The molecule has 1 atom stereocenters. The molecule has 2 aliphatic rings. The number of rotatable bonds is 4. The maximum atomic E-state index is 12.7. The average Bonchev–Trinajstić information content (AvgIpc) is 3.41. The average molecular weight is 462 g/mol. The van der Waals surface area contributed by atoms with Crippen LogP contribution in [0.1, 0.15) is 16.1 Å². The van der Waals surface area contributed by atoms with E-state index in [9.17, 15) is 21.6 Å². The van der Waals surface area contributed by atoms with Gasteiger partial charge in [0.25, 0.3) is 5.91 Å². The molecule has 12 heteroatoms. The summed E-state index contributed by atoms with van der Waals surface area (Å²) in [4.78, 5) is 20.2. The summed E-state index contributed by atoms with van der Waals surface area (Å²) in [5.74, 6) is -0.533. The number of hydrogen-bond donors (Lipinski definition) is 0. The molecule has 0 bridgehead atoms. The summed E-state index contributed by atoms with van der Waals surface area (Å²) in [7, 11) is -6.93. The van der Waals surface area contributed by atoms with Gasteiger partial charge in [0.15, 0.2) is 9.84 Å². The molecule has 0 N–H and O–H groups in total. The van der Waals surface area contributed by atoms with E-state index in [1.165, 1.54) is 15.6 Å². The summed E-state index contributed by atoms with van der Waals surface area (Å²) < 4.78 is 50.0. The van der Waals surface area contributed by atoms with Gasteiger partial charge in [0, 0.05) is 26.2 Å². The number of piperazine rings is 1. The van der Waals surface area contributed by atoms with E-state index in [1.54, 1.807) is 22.4 Å². The fourth-order valence-corrected chi connectivity index (χ4v) is 9.60. The number of aromatic nitrogens is 1. The maximum Gasteiger partial charge on any atom is 0.265 e. The largest absolute Gasteiger partial charge is 0.335 e. The third kappa shape index (κ3) is 3.88. The Morgan fingerprint density at radius 1 is 1.21 bits per heavy atom. The van der Waals surface area contributed by atoms with Crippen LogP contribution >= 0.6 is 22.7 Å². The van der Waals surface area contributed by atoms with Crippen LogP contribution in [0.15, 0.2) is 23.7 Å². The van der Waals surface area contributed by atoms with Crippen LogP contribution in [-0.4, -0.2) is 79.9 Å². The highest BCUT2D eigenvalue weighted by molar-refractivity contribution is 7.95. The van der Waals surface area contributed by atoms with Gasteiger partial charge in [-0.2, -0.15) is 4.31 Å². The summed E-state index contributed by atoms with van der Waals surface area (Å²) in [6.45, 7) is 0.927. The summed E-state index contributed by atoms with van der Waals surface area (Å²) in [6, 6.07) is 3.88. The zero-order valence-electron chi connectivity index (χ0n) is 14.9. The normalized spacial score (nSPS) is 23.1. The van der Waals surface area contributed by atoms with Gasteiger partial charge in [-0.25, -0.2) is 21.8 Å². The van der Waals surface area contributed by atoms with E-state index in [4.69, 9.17) is 0 Å². The molecule has 4 heterocycles.